The highest BCUT2D eigenvalue weighted by Crippen LogP contribution is 2.41. The quantitative estimate of drug-likeness (QED) is 0.363. The second kappa shape index (κ2) is 9.64. The van der Waals surface area contributed by atoms with Crippen molar-refractivity contribution in [3.05, 3.63) is 71.8 Å². The van der Waals surface area contributed by atoms with Crippen LogP contribution in [-0.4, -0.2) is 48.9 Å². The monoisotopic (exact) mass is 530 g/mol. The molecule has 11 heteroatoms. The van der Waals surface area contributed by atoms with E-state index in [0.717, 1.165) is 18.5 Å². The maximum absolute atomic E-state index is 15.1. The molecule has 200 valence electrons. The number of hydrogen-bond donors (Lipinski definition) is 1. The summed E-state index contributed by atoms with van der Waals surface area (Å²) in [5.41, 5.74) is 3.22. The molecule has 39 heavy (non-hydrogen) atoms. The van der Waals surface area contributed by atoms with E-state index in [1.165, 1.54) is 19.1 Å². The molecule has 2 aromatic carbocycles. The standard InChI is InChI=1S/C28H27FN6O4/c1-15-9-21(29)20(10-24(15)34-11-23(30-13-34)18-7-8-18)28(37)32-22-6-4-5-19-26(22)38-12-25(16(2)39-17(3)36)35-14-31-33-27(19)35/h4-6,9-11,13-14,16,18,25H,7-8,12H2,1-3H3,(H,32,37)/t16-,25-/m0/s1. The number of aromatic nitrogens is 5. The number of nitrogens with one attached hydrogen (secondary N) is 1. The van der Waals surface area contributed by atoms with Gasteiger partial charge in [-0.3, -0.25) is 9.59 Å². The molecule has 0 bridgehead atoms. The number of carbonyl (C=O) groups excluding carboxylic acids is 2. The predicted molar refractivity (Wildman–Crippen MR) is 139 cm³/mol. The van der Waals surface area contributed by atoms with Crippen molar-refractivity contribution in [3.8, 4) is 22.8 Å². The molecule has 1 aliphatic heterocycles. The SMILES string of the molecule is CC(=O)O[C@@H](C)[C@@H]1COc2c(NC(=O)c3cc(-n4cnc(C5CC5)c4)c(C)cc3F)cccc2-c2nncn21. The number of hydrogen-bond acceptors (Lipinski definition) is 7. The molecule has 1 aliphatic carbocycles. The molecule has 4 aromatic rings. The molecular formula is C28H27FN6O4. The zero-order chi connectivity index (χ0) is 27.3. The normalized spacial score (nSPS) is 16.9. The average Bonchev–Trinajstić information content (AvgIpc) is 3.48. The molecule has 1 amide bonds. The second-order valence-electron chi connectivity index (χ2n) is 9.99. The molecular weight excluding hydrogens is 503 g/mol. The first-order chi connectivity index (χ1) is 18.8. The van der Waals surface area contributed by atoms with Gasteiger partial charge >= 0.3 is 5.97 Å². The Morgan fingerprint density at radius 3 is 2.82 bits per heavy atom. The number of amides is 1. The van der Waals surface area contributed by atoms with Gasteiger partial charge in [-0.1, -0.05) is 6.07 Å². The summed E-state index contributed by atoms with van der Waals surface area (Å²) in [7, 11) is 0. The number of anilines is 1. The highest BCUT2D eigenvalue weighted by molar-refractivity contribution is 6.06. The Kier molecular flexibility index (Phi) is 6.13. The van der Waals surface area contributed by atoms with E-state index < -0.39 is 29.8 Å². The van der Waals surface area contributed by atoms with E-state index in [9.17, 15) is 9.59 Å². The van der Waals surface area contributed by atoms with E-state index in [1.54, 1.807) is 49.3 Å². The third-order valence-corrected chi connectivity index (χ3v) is 7.13. The lowest BCUT2D eigenvalue weighted by Gasteiger charge is -2.23. The van der Waals surface area contributed by atoms with E-state index in [-0.39, 0.29) is 12.2 Å². The number of rotatable bonds is 6. The fourth-order valence-corrected chi connectivity index (χ4v) is 4.96. The number of benzene rings is 2. The molecule has 1 N–H and O–H groups in total. The number of fused-ring (bicyclic) bond motifs is 3. The average molecular weight is 531 g/mol. The van der Waals surface area contributed by atoms with Crippen molar-refractivity contribution < 1.29 is 23.5 Å². The number of para-hydroxylation sites is 1. The van der Waals surface area contributed by atoms with Gasteiger partial charge in [0.15, 0.2) is 11.6 Å². The van der Waals surface area contributed by atoms with Gasteiger partial charge in [-0.15, -0.1) is 10.2 Å². The molecule has 6 rings (SSSR count). The lowest BCUT2D eigenvalue weighted by molar-refractivity contribution is -0.148. The van der Waals surface area contributed by atoms with Gasteiger partial charge in [0, 0.05) is 19.0 Å². The number of ether oxygens (including phenoxy) is 2. The van der Waals surface area contributed by atoms with Crippen molar-refractivity contribution in [2.24, 2.45) is 0 Å². The molecule has 3 heterocycles. The zero-order valence-corrected chi connectivity index (χ0v) is 21.7. The Balaban J connectivity index is 1.31. The van der Waals surface area contributed by atoms with Gasteiger partial charge in [0.05, 0.1) is 34.5 Å². The van der Waals surface area contributed by atoms with Crippen molar-refractivity contribution in [2.75, 3.05) is 11.9 Å². The largest absolute Gasteiger partial charge is 0.488 e. The van der Waals surface area contributed by atoms with Crippen LogP contribution >= 0.6 is 0 Å². The van der Waals surface area contributed by atoms with Crippen molar-refractivity contribution >= 4 is 17.6 Å². The second-order valence-corrected chi connectivity index (χ2v) is 9.99. The Labute approximate surface area is 223 Å². The summed E-state index contributed by atoms with van der Waals surface area (Å²) in [6.07, 6.45) is 6.91. The first-order valence-corrected chi connectivity index (χ1v) is 12.8. The summed E-state index contributed by atoms with van der Waals surface area (Å²) >= 11 is 0. The van der Waals surface area contributed by atoms with Crippen molar-refractivity contribution in [1.82, 2.24) is 24.3 Å². The van der Waals surface area contributed by atoms with E-state index >= 15 is 4.39 Å². The molecule has 1 fully saturated rings. The van der Waals surface area contributed by atoms with Gasteiger partial charge in [-0.05, 0) is 56.5 Å². The van der Waals surface area contributed by atoms with Crippen molar-refractivity contribution in [1.29, 1.82) is 0 Å². The molecule has 0 saturated heterocycles. The van der Waals surface area contributed by atoms with Crippen LogP contribution in [0, 0.1) is 12.7 Å². The Bertz CT molecular complexity index is 1590. The molecule has 2 aromatic heterocycles. The lowest BCUT2D eigenvalue weighted by Crippen LogP contribution is -2.30. The molecule has 0 spiro atoms. The highest BCUT2D eigenvalue weighted by Gasteiger charge is 2.31. The molecule has 10 nitrogen and oxygen atoms in total. The van der Waals surface area contributed by atoms with Crippen LogP contribution in [0.4, 0.5) is 10.1 Å². The van der Waals surface area contributed by atoms with Crippen LogP contribution in [0.5, 0.6) is 5.75 Å². The number of carbonyl (C=O) groups is 2. The number of nitrogens with zero attached hydrogens (tertiary/aromatic N) is 5. The topological polar surface area (TPSA) is 113 Å². The number of aryl methyl sites for hydroxylation is 1. The third-order valence-electron chi connectivity index (χ3n) is 7.13. The smallest absolute Gasteiger partial charge is 0.302 e. The lowest BCUT2D eigenvalue weighted by atomic mass is 10.1. The van der Waals surface area contributed by atoms with Crippen LogP contribution < -0.4 is 10.1 Å². The number of halogens is 1. The summed E-state index contributed by atoms with van der Waals surface area (Å²) in [4.78, 5) is 29.4. The molecule has 1 saturated carbocycles. The molecule has 2 aliphatic rings. The third kappa shape index (κ3) is 4.64. The van der Waals surface area contributed by atoms with E-state index in [0.29, 0.717) is 40.0 Å². The summed E-state index contributed by atoms with van der Waals surface area (Å²) in [6.45, 7) is 5.04. The Morgan fingerprint density at radius 1 is 1.23 bits per heavy atom. The summed E-state index contributed by atoms with van der Waals surface area (Å²) in [5.74, 6) is -0.318. The van der Waals surface area contributed by atoms with Gasteiger partial charge in [-0.25, -0.2) is 9.37 Å². The van der Waals surface area contributed by atoms with E-state index in [4.69, 9.17) is 9.47 Å². The predicted octanol–water partition coefficient (Wildman–Crippen LogP) is 4.59. The van der Waals surface area contributed by atoms with Crippen LogP contribution in [0.15, 0.2) is 49.2 Å². The number of esters is 1. The van der Waals surface area contributed by atoms with Crippen molar-refractivity contribution in [2.45, 2.75) is 51.7 Å². The van der Waals surface area contributed by atoms with Crippen LogP contribution in [0.3, 0.4) is 0 Å². The van der Waals surface area contributed by atoms with Crippen LogP contribution in [0.2, 0.25) is 0 Å². The fourth-order valence-electron chi connectivity index (χ4n) is 4.96. The first-order valence-electron chi connectivity index (χ1n) is 12.8. The van der Waals surface area contributed by atoms with Crippen LogP contribution in [0.25, 0.3) is 17.1 Å². The summed E-state index contributed by atoms with van der Waals surface area (Å²) < 4.78 is 30.2. The Hall–Kier alpha value is -4.54. The van der Waals surface area contributed by atoms with Crippen molar-refractivity contribution in [3.63, 3.8) is 0 Å². The maximum Gasteiger partial charge on any atom is 0.302 e. The van der Waals surface area contributed by atoms with Gasteiger partial charge in [0.1, 0.15) is 30.9 Å². The Morgan fingerprint density at radius 2 is 2.05 bits per heavy atom. The number of imidazole rings is 1. The summed E-state index contributed by atoms with van der Waals surface area (Å²) in [6, 6.07) is 7.71. The highest BCUT2D eigenvalue weighted by atomic mass is 19.1. The molecule has 2 atom stereocenters. The summed E-state index contributed by atoms with van der Waals surface area (Å²) in [5, 5.41) is 11.1. The van der Waals surface area contributed by atoms with Gasteiger partial charge in [0.25, 0.3) is 5.91 Å². The molecule has 0 unspecified atom stereocenters. The minimum absolute atomic E-state index is 0.104. The van der Waals surface area contributed by atoms with Gasteiger partial charge < -0.3 is 23.9 Å². The minimum Gasteiger partial charge on any atom is -0.488 e. The fraction of sp³-hybridized carbons (Fsp3) is 0.321. The van der Waals surface area contributed by atoms with Crippen LogP contribution in [-0.2, 0) is 9.53 Å². The van der Waals surface area contributed by atoms with E-state index in [2.05, 4.69) is 20.5 Å². The molecule has 0 radical (unpaired) electrons. The van der Waals surface area contributed by atoms with Crippen LogP contribution in [0.1, 0.15) is 60.3 Å². The maximum atomic E-state index is 15.1. The minimum atomic E-state index is -0.630. The van der Waals surface area contributed by atoms with Gasteiger partial charge in [0.2, 0.25) is 0 Å². The zero-order valence-electron chi connectivity index (χ0n) is 21.7. The van der Waals surface area contributed by atoms with Gasteiger partial charge in [-0.2, -0.15) is 0 Å². The van der Waals surface area contributed by atoms with E-state index in [1.807, 2.05) is 10.8 Å². The first kappa shape index (κ1) is 24.8.